The van der Waals surface area contributed by atoms with Crippen LogP contribution in [0.15, 0.2) is 0 Å². The Morgan fingerprint density at radius 1 is 0.970 bits per heavy atom. The van der Waals surface area contributed by atoms with Crippen LogP contribution in [0.4, 0.5) is 0 Å². The van der Waals surface area contributed by atoms with E-state index in [4.69, 9.17) is 5.11 Å². The molecule has 1 saturated heterocycles. The first kappa shape index (κ1) is 28.3. The van der Waals surface area contributed by atoms with Gasteiger partial charge in [-0.3, -0.25) is 24.0 Å². The average Bonchev–Trinajstić information content (AvgIpc) is 3.29. The lowest BCUT2D eigenvalue weighted by Gasteiger charge is -2.28. The first-order valence-corrected chi connectivity index (χ1v) is 11.6. The molecule has 188 valence electrons. The number of nitrogens with one attached hydrogen (secondary N) is 5. The molecule has 4 amide bonds. The van der Waals surface area contributed by atoms with E-state index in [1.54, 1.807) is 6.92 Å². The van der Waals surface area contributed by atoms with E-state index in [0.29, 0.717) is 19.3 Å². The molecule has 1 aliphatic rings. The van der Waals surface area contributed by atoms with Crippen molar-refractivity contribution in [2.24, 2.45) is 11.8 Å². The van der Waals surface area contributed by atoms with Crippen molar-refractivity contribution in [1.29, 1.82) is 0 Å². The van der Waals surface area contributed by atoms with Crippen molar-refractivity contribution in [3.05, 3.63) is 0 Å². The van der Waals surface area contributed by atoms with Gasteiger partial charge in [0.05, 0.1) is 6.04 Å². The van der Waals surface area contributed by atoms with Crippen molar-refractivity contribution < 1.29 is 29.1 Å². The summed E-state index contributed by atoms with van der Waals surface area (Å²) in [6.45, 7) is 9.19. The molecule has 1 heterocycles. The zero-order valence-electron chi connectivity index (χ0n) is 20.2. The third kappa shape index (κ3) is 9.77. The zero-order valence-corrected chi connectivity index (χ0v) is 20.2. The second-order valence-corrected chi connectivity index (χ2v) is 9.05. The maximum absolute atomic E-state index is 13.1. The third-order valence-corrected chi connectivity index (χ3v) is 5.68. The fraction of sp³-hybridized carbons (Fsp3) is 0.773. The summed E-state index contributed by atoms with van der Waals surface area (Å²) in [5.41, 5.74) is 0. The third-order valence-electron chi connectivity index (χ3n) is 5.68. The molecular weight excluding hydrogens is 430 g/mol. The van der Waals surface area contributed by atoms with Crippen LogP contribution in [-0.4, -0.2) is 72.0 Å². The van der Waals surface area contributed by atoms with Crippen LogP contribution in [0.3, 0.4) is 0 Å². The number of hydrogen-bond acceptors (Lipinski definition) is 6. The van der Waals surface area contributed by atoms with E-state index in [-0.39, 0.29) is 23.8 Å². The summed E-state index contributed by atoms with van der Waals surface area (Å²) in [6.07, 6.45) is 2.60. The highest BCUT2D eigenvalue weighted by Gasteiger charge is 2.33. The van der Waals surface area contributed by atoms with Crippen LogP contribution < -0.4 is 26.6 Å². The van der Waals surface area contributed by atoms with E-state index in [9.17, 15) is 24.0 Å². The number of hydrogen-bond donors (Lipinski definition) is 6. The second kappa shape index (κ2) is 13.8. The van der Waals surface area contributed by atoms with Crippen molar-refractivity contribution in [3.8, 4) is 0 Å². The molecule has 11 heteroatoms. The van der Waals surface area contributed by atoms with Crippen LogP contribution in [0, 0.1) is 11.8 Å². The number of carbonyl (C=O) groups excluding carboxylic acids is 4. The van der Waals surface area contributed by atoms with Gasteiger partial charge in [0.1, 0.15) is 24.7 Å². The molecule has 0 aromatic heterocycles. The lowest BCUT2D eigenvalue weighted by atomic mass is 9.96. The number of amides is 4. The van der Waals surface area contributed by atoms with Crippen LogP contribution in [0.5, 0.6) is 0 Å². The molecule has 0 saturated carbocycles. The van der Waals surface area contributed by atoms with E-state index in [1.165, 1.54) is 6.92 Å². The Kier molecular flexibility index (Phi) is 11.8. The summed E-state index contributed by atoms with van der Waals surface area (Å²) in [4.78, 5) is 61.2. The van der Waals surface area contributed by atoms with E-state index < -0.39 is 48.4 Å². The fourth-order valence-electron chi connectivity index (χ4n) is 3.52. The number of carboxylic acids is 1. The summed E-state index contributed by atoms with van der Waals surface area (Å²) in [5.74, 6) is -3.20. The molecule has 1 aliphatic heterocycles. The Balaban J connectivity index is 2.86. The minimum Gasteiger partial charge on any atom is -0.480 e. The van der Waals surface area contributed by atoms with Crippen LogP contribution in [0.1, 0.15) is 60.3 Å². The topological polar surface area (TPSA) is 166 Å². The number of rotatable bonds is 13. The van der Waals surface area contributed by atoms with Crippen molar-refractivity contribution in [2.75, 3.05) is 13.1 Å². The van der Waals surface area contributed by atoms with Gasteiger partial charge in [-0.2, -0.15) is 0 Å². The summed E-state index contributed by atoms with van der Waals surface area (Å²) in [6, 6.07) is -3.03. The predicted octanol–water partition coefficient (Wildman–Crippen LogP) is -0.494. The molecule has 33 heavy (non-hydrogen) atoms. The minimum absolute atomic E-state index is 0.131. The Bertz CT molecular complexity index is 707. The molecule has 1 rings (SSSR count). The van der Waals surface area contributed by atoms with Gasteiger partial charge in [0.15, 0.2) is 0 Å². The monoisotopic (exact) mass is 469 g/mol. The molecule has 0 radical (unpaired) electrons. The molecule has 0 unspecified atom stereocenters. The molecule has 6 N–H and O–H groups in total. The predicted molar refractivity (Wildman–Crippen MR) is 122 cm³/mol. The van der Waals surface area contributed by atoms with Gasteiger partial charge in [-0.05, 0) is 44.6 Å². The van der Waals surface area contributed by atoms with Gasteiger partial charge in [-0.15, -0.1) is 0 Å². The number of aliphatic carboxylic acids is 1. The van der Waals surface area contributed by atoms with Gasteiger partial charge in [0, 0.05) is 0 Å². The molecule has 1 fully saturated rings. The molecule has 0 aliphatic carbocycles. The molecule has 5 atom stereocenters. The van der Waals surface area contributed by atoms with Crippen LogP contribution in [-0.2, 0) is 24.0 Å². The zero-order chi connectivity index (χ0) is 25.1. The molecule has 0 bridgehead atoms. The summed E-state index contributed by atoms with van der Waals surface area (Å²) < 4.78 is 0. The van der Waals surface area contributed by atoms with Crippen molar-refractivity contribution in [2.45, 2.75) is 84.5 Å². The minimum atomic E-state index is -1.20. The quantitative estimate of drug-likeness (QED) is 0.212. The SMILES string of the molecule is CC[C@H](C)[C@H](NC(=O)[C@H](CC(C)C)NC(=O)[C@@H]1CCCN1)C(=O)N[C@@H](C)C(=O)NCC(=O)O. The highest BCUT2D eigenvalue weighted by atomic mass is 16.4. The maximum atomic E-state index is 13.1. The lowest BCUT2D eigenvalue weighted by molar-refractivity contribution is -0.138. The van der Waals surface area contributed by atoms with E-state index >= 15 is 0 Å². The Hall–Kier alpha value is -2.69. The number of carboxylic acid groups (broad SMARTS) is 1. The highest BCUT2D eigenvalue weighted by Crippen LogP contribution is 2.12. The van der Waals surface area contributed by atoms with Gasteiger partial charge in [-0.1, -0.05) is 34.1 Å². The highest BCUT2D eigenvalue weighted by molar-refractivity contribution is 5.95. The fourth-order valence-corrected chi connectivity index (χ4v) is 3.52. The van der Waals surface area contributed by atoms with E-state index in [0.717, 1.165) is 13.0 Å². The summed E-state index contributed by atoms with van der Waals surface area (Å²) >= 11 is 0. The van der Waals surface area contributed by atoms with Crippen LogP contribution in [0.25, 0.3) is 0 Å². The largest absolute Gasteiger partial charge is 0.480 e. The van der Waals surface area contributed by atoms with Crippen LogP contribution >= 0.6 is 0 Å². The van der Waals surface area contributed by atoms with Crippen molar-refractivity contribution >= 4 is 29.6 Å². The van der Waals surface area contributed by atoms with Gasteiger partial charge < -0.3 is 31.7 Å². The second-order valence-electron chi connectivity index (χ2n) is 9.05. The Labute approximate surface area is 195 Å². The molecule has 0 aromatic rings. The molecule has 11 nitrogen and oxygen atoms in total. The lowest BCUT2D eigenvalue weighted by Crippen LogP contribution is -2.59. The standard InChI is InChI=1S/C22H39N5O6/c1-6-13(4)18(22(33)25-14(5)19(30)24-11-17(28)29)27-21(32)16(10-12(2)3)26-20(31)15-8-7-9-23-15/h12-16,18,23H,6-11H2,1-5H3,(H,24,30)(H,25,33)(H,26,31)(H,27,32)(H,28,29)/t13-,14-,15-,16-,18-/m0/s1. The molecular formula is C22H39N5O6. The van der Waals surface area contributed by atoms with Crippen molar-refractivity contribution in [3.63, 3.8) is 0 Å². The van der Waals surface area contributed by atoms with Crippen molar-refractivity contribution in [1.82, 2.24) is 26.6 Å². The normalized spacial score (nSPS) is 19.2. The first-order chi connectivity index (χ1) is 15.5. The smallest absolute Gasteiger partial charge is 0.322 e. The van der Waals surface area contributed by atoms with E-state index in [2.05, 4.69) is 26.6 Å². The summed E-state index contributed by atoms with van der Waals surface area (Å²) in [7, 11) is 0. The Morgan fingerprint density at radius 3 is 2.15 bits per heavy atom. The van der Waals surface area contributed by atoms with Gasteiger partial charge in [0.25, 0.3) is 0 Å². The van der Waals surface area contributed by atoms with Gasteiger partial charge >= 0.3 is 5.97 Å². The maximum Gasteiger partial charge on any atom is 0.322 e. The number of carbonyl (C=O) groups is 5. The van der Waals surface area contributed by atoms with Crippen LogP contribution in [0.2, 0.25) is 0 Å². The molecule has 0 aromatic carbocycles. The molecule has 0 spiro atoms. The van der Waals surface area contributed by atoms with E-state index in [1.807, 2.05) is 20.8 Å². The average molecular weight is 470 g/mol. The first-order valence-electron chi connectivity index (χ1n) is 11.6. The Morgan fingerprint density at radius 2 is 1.64 bits per heavy atom. The summed E-state index contributed by atoms with van der Waals surface area (Å²) in [5, 5.41) is 22.1. The van der Waals surface area contributed by atoms with Gasteiger partial charge in [-0.25, -0.2) is 0 Å². The van der Waals surface area contributed by atoms with Gasteiger partial charge in [0.2, 0.25) is 23.6 Å².